The minimum absolute atomic E-state index is 0.111. The molecule has 0 radical (unpaired) electrons. The maximum Gasteiger partial charge on any atom is 0.261 e. The van der Waals surface area contributed by atoms with Gasteiger partial charge in [0.25, 0.3) is 11.8 Å². The van der Waals surface area contributed by atoms with E-state index in [1.807, 2.05) is 60.7 Å². The van der Waals surface area contributed by atoms with Crippen molar-refractivity contribution in [1.29, 1.82) is 0 Å². The number of carbonyl (C=O) groups excluding carboxylic acids is 3. The lowest BCUT2D eigenvalue weighted by Gasteiger charge is -2.13. The first-order valence-corrected chi connectivity index (χ1v) is 12.7. The van der Waals surface area contributed by atoms with Gasteiger partial charge >= 0.3 is 0 Å². The number of para-hydroxylation sites is 1. The molecule has 1 aliphatic rings. The molecule has 2 heterocycles. The number of amides is 3. The molecule has 188 valence electrons. The topological polar surface area (TPSA) is 92.5 Å². The Morgan fingerprint density at radius 1 is 0.763 bits per heavy atom. The number of carbonyl (C=O) groups is 3. The Morgan fingerprint density at radius 2 is 1.45 bits per heavy atom. The highest BCUT2D eigenvalue weighted by molar-refractivity contribution is 6.21. The number of unbranched alkanes of at least 4 members (excludes halogenated alkanes) is 2. The predicted octanol–water partition coefficient (Wildman–Crippen LogP) is 6.44. The Morgan fingerprint density at radius 3 is 2.24 bits per heavy atom. The minimum atomic E-state index is -0.243. The Kier molecular flexibility index (Phi) is 6.17. The lowest BCUT2D eigenvalue weighted by Crippen LogP contribution is -2.30. The highest BCUT2D eigenvalue weighted by Gasteiger charge is 2.34. The van der Waals surface area contributed by atoms with Crippen molar-refractivity contribution in [1.82, 2.24) is 9.88 Å². The summed E-state index contributed by atoms with van der Waals surface area (Å²) in [5, 5.41) is 5.06. The van der Waals surface area contributed by atoms with Gasteiger partial charge in [-0.1, -0.05) is 61.0 Å². The maximum absolute atomic E-state index is 12.7. The number of nitrogens with zero attached hydrogens (tertiary/aromatic N) is 2. The highest BCUT2D eigenvalue weighted by atomic mass is 16.3. The molecular weight excluding hydrogens is 478 g/mol. The highest BCUT2D eigenvalue weighted by Crippen LogP contribution is 2.33. The predicted molar refractivity (Wildman–Crippen MR) is 146 cm³/mol. The maximum atomic E-state index is 12.7. The van der Waals surface area contributed by atoms with E-state index >= 15 is 0 Å². The monoisotopic (exact) mass is 503 g/mol. The molecule has 5 aromatic rings. The number of rotatable bonds is 8. The zero-order chi connectivity index (χ0) is 26.1. The van der Waals surface area contributed by atoms with Crippen molar-refractivity contribution in [2.24, 2.45) is 0 Å². The Labute approximate surface area is 219 Å². The van der Waals surface area contributed by atoms with Crippen molar-refractivity contribution in [3.63, 3.8) is 0 Å². The van der Waals surface area contributed by atoms with Crippen molar-refractivity contribution < 1.29 is 18.8 Å². The number of nitrogens with one attached hydrogen (secondary N) is 1. The first-order valence-electron chi connectivity index (χ1n) is 12.7. The van der Waals surface area contributed by atoms with Gasteiger partial charge in [-0.15, -0.1) is 0 Å². The van der Waals surface area contributed by atoms with Gasteiger partial charge in [0.05, 0.1) is 22.4 Å². The Bertz CT molecular complexity index is 1670. The summed E-state index contributed by atoms with van der Waals surface area (Å²) in [5.74, 6) is -0.146. The first-order chi connectivity index (χ1) is 18.6. The number of benzene rings is 4. The summed E-state index contributed by atoms with van der Waals surface area (Å²) in [7, 11) is 0. The van der Waals surface area contributed by atoms with Crippen LogP contribution in [0.3, 0.4) is 0 Å². The number of fused-ring (bicyclic) bond motifs is 4. The zero-order valence-electron chi connectivity index (χ0n) is 20.6. The molecule has 0 atom stereocenters. The second-order valence-corrected chi connectivity index (χ2v) is 9.37. The summed E-state index contributed by atoms with van der Waals surface area (Å²) in [6.45, 7) is 0.350. The van der Waals surface area contributed by atoms with Gasteiger partial charge in [0.15, 0.2) is 5.58 Å². The smallest absolute Gasteiger partial charge is 0.261 e. The number of hydrogen-bond donors (Lipinski definition) is 1. The molecule has 0 spiro atoms. The van der Waals surface area contributed by atoms with Crippen molar-refractivity contribution in [3.8, 4) is 11.5 Å². The van der Waals surface area contributed by atoms with E-state index in [2.05, 4.69) is 10.3 Å². The normalized spacial score (nSPS) is 12.9. The van der Waals surface area contributed by atoms with Gasteiger partial charge in [-0.2, -0.15) is 0 Å². The number of hydrogen-bond acceptors (Lipinski definition) is 5. The van der Waals surface area contributed by atoms with Crippen molar-refractivity contribution in [3.05, 3.63) is 96.1 Å². The second kappa shape index (κ2) is 9.94. The molecule has 1 N–H and O–H groups in total. The summed E-state index contributed by atoms with van der Waals surface area (Å²) in [6, 6.07) is 26.3. The minimum Gasteiger partial charge on any atom is -0.435 e. The summed E-state index contributed by atoms with van der Waals surface area (Å²) < 4.78 is 6.17. The van der Waals surface area contributed by atoms with Gasteiger partial charge in [-0.3, -0.25) is 19.3 Å². The molecule has 1 aliphatic heterocycles. The summed E-state index contributed by atoms with van der Waals surface area (Å²) in [6.07, 6.45) is 2.34. The van der Waals surface area contributed by atoms with Gasteiger partial charge in [0.1, 0.15) is 5.52 Å². The molecule has 4 aromatic carbocycles. The quantitative estimate of drug-likeness (QED) is 0.194. The van der Waals surface area contributed by atoms with Crippen LogP contribution in [-0.2, 0) is 4.79 Å². The van der Waals surface area contributed by atoms with Crippen LogP contribution in [0.2, 0.25) is 0 Å². The number of aromatic nitrogens is 1. The first kappa shape index (κ1) is 23.6. The van der Waals surface area contributed by atoms with Crippen molar-refractivity contribution >= 4 is 45.3 Å². The molecule has 0 aliphatic carbocycles. The van der Waals surface area contributed by atoms with Gasteiger partial charge in [-0.25, -0.2) is 4.98 Å². The van der Waals surface area contributed by atoms with E-state index in [9.17, 15) is 14.4 Å². The van der Waals surface area contributed by atoms with Crippen LogP contribution in [-0.4, -0.2) is 34.2 Å². The van der Waals surface area contributed by atoms with Gasteiger partial charge in [-0.05, 0) is 48.6 Å². The second-order valence-electron chi connectivity index (χ2n) is 9.37. The zero-order valence-corrected chi connectivity index (χ0v) is 20.6. The lowest BCUT2D eigenvalue weighted by molar-refractivity contribution is -0.116. The summed E-state index contributed by atoms with van der Waals surface area (Å²) in [5.41, 5.74) is 3.76. The van der Waals surface area contributed by atoms with E-state index in [-0.39, 0.29) is 17.7 Å². The molecule has 0 unspecified atom stereocenters. The van der Waals surface area contributed by atoms with Crippen molar-refractivity contribution in [2.75, 3.05) is 11.9 Å². The van der Waals surface area contributed by atoms with Crippen LogP contribution >= 0.6 is 0 Å². The molecule has 0 saturated heterocycles. The van der Waals surface area contributed by atoms with Crippen LogP contribution in [0, 0.1) is 0 Å². The third-order valence-corrected chi connectivity index (χ3v) is 6.87. The van der Waals surface area contributed by atoms with E-state index < -0.39 is 0 Å². The fraction of sp³-hybridized carbons (Fsp3) is 0.161. The molecule has 3 amide bonds. The van der Waals surface area contributed by atoms with Crippen LogP contribution in [0.5, 0.6) is 0 Å². The third-order valence-electron chi connectivity index (χ3n) is 6.87. The number of imide groups is 1. The van der Waals surface area contributed by atoms with Gasteiger partial charge < -0.3 is 9.73 Å². The van der Waals surface area contributed by atoms with E-state index in [1.54, 1.807) is 24.3 Å². The molecule has 7 heteroatoms. The fourth-order valence-electron chi connectivity index (χ4n) is 4.94. The van der Waals surface area contributed by atoms with Crippen LogP contribution in [0.4, 0.5) is 5.69 Å². The molecule has 0 bridgehead atoms. The van der Waals surface area contributed by atoms with E-state index in [0.717, 1.165) is 28.3 Å². The number of oxazole rings is 1. The van der Waals surface area contributed by atoms with Crippen LogP contribution in [0.25, 0.3) is 33.3 Å². The Balaban J connectivity index is 1.07. The lowest BCUT2D eigenvalue weighted by atomic mass is 10.1. The van der Waals surface area contributed by atoms with Gasteiger partial charge in [0, 0.05) is 18.4 Å². The molecular formula is C31H25N3O4. The van der Waals surface area contributed by atoms with Crippen LogP contribution in [0.1, 0.15) is 46.4 Å². The standard InChI is InChI=1S/C31H25N3O4/c35-27(16-2-1-9-19-34-30(36)22-12-5-6-13-23(22)31(34)37)32-25-15-8-7-14-24(25)29-33-26-18-17-20-10-3-4-11-21(20)28(26)38-29/h3-8,10-15,17-18H,1-2,9,16,19H2,(H,32,35). The van der Waals surface area contributed by atoms with E-state index in [4.69, 9.17) is 4.42 Å². The van der Waals surface area contributed by atoms with E-state index in [1.165, 1.54) is 4.90 Å². The van der Waals surface area contributed by atoms with Crippen molar-refractivity contribution in [2.45, 2.75) is 25.7 Å². The molecule has 6 rings (SSSR count). The van der Waals surface area contributed by atoms with Gasteiger partial charge in [0.2, 0.25) is 11.8 Å². The third kappa shape index (κ3) is 4.32. The fourth-order valence-corrected chi connectivity index (χ4v) is 4.94. The largest absolute Gasteiger partial charge is 0.435 e. The summed E-state index contributed by atoms with van der Waals surface area (Å²) in [4.78, 5) is 43.7. The molecule has 7 nitrogen and oxygen atoms in total. The van der Waals surface area contributed by atoms with Crippen LogP contribution in [0.15, 0.2) is 89.3 Å². The molecule has 1 aromatic heterocycles. The average molecular weight is 504 g/mol. The molecule has 38 heavy (non-hydrogen) atoms. The van der Waals surface area contributed by atoms with Crippen LogP contribution < -0.4 is 5.32 Å². The number of anilines is 1. The average Bonchev–Trinajstić information content (AvgIpc) is 3.49. The molecule has 0 fully saturated rings. The summed E-state index contributed by atoms with van der Waals surface area (Å²) >= 11 is 0. The SMILES string of the molecule is O=C(CCCCCN1C(=O)c2ccccc2C1=O)Nc1ccccc1-c1nc2ccc3ccccc3c2o1. The molecule has 0 saturated carbocycles. The Hall–Kier alpha value is -4.78. The van der Waals surface area contributed by atoms with E-state index in [0.29, 0.717) is 54.1 Å².